The van der Waals surface area contributed by atoms with Crippen LogP contribution in [0.4, 0.5) is 4.39 Å². The maximum Gasteiger partial charge on any atom is 0.100 e. The average molecular weight is 380 g/mol. The van der Waals surface area contributed by atoms with Gasteiger partial charge in [-0.3, -0.25) is 15.6 Å². The fourth-order valence-corrected chi connectivity index (χ4v) is 6.71. The van der Waals surface area contributed by atoms with E-state index in [0.717, 1.165) is 44.8 Å². The van der Waals surface area contributed by atoms with Crippen LogP contribution in [0, 0.1) is 17.8 Å². The summed E-state index contributed by atoms with van der Waals surface area (Å²) in [7, 11) is 0. The highest BCUT2D eigenvalue weighted by Gasteiger charge is 2.46. The van der Waals surface area contributed by atoms with Gasteiger partial charge in [0.1, 0.15) is 6.17 Å². The van der Waals surface area contributed by atoms with E-state index in [4.69, 9.17) is 0 Å². The van der Waals surface area contributed by atoms with Crippen molar-refractivity contribution in [3.05, 3.63) is 0 Å². The maximum absolute atomic E-state index is 14.4. The number of nitrogens with one attached hydrogen (secondary N) is 3. The van der Waals surface area contributed by atoms with Crippen molar-refractivity contribution in [3.8, 4) is 0 Å². The summed E-state index contributed by atoms with van der Waals surface area (Å²) in [5.74, 6) is 1.99. The number of hydrogen-bond acceptors (Lipinski definition) is 5. The summed E-state index contributed by atoms with van der Waals surface area (Å²) in [5.41, 5.74) is 3.59. The van der Waals surface area contributed by atoms with E-state index in [0.29, 0.717) is 36.3 Å². The first-order valence-corrected chi connectivity index (χ1v) is 11.6. The molecule has 5 fully saturated rings. The van der Waals surface area contributed by atoms with Crippen molar-refractivity contribution >= 4 is 0 Å². The molecule has 4 saturated heterocycles. The lowest BCUT2D eigenvalue weighted by Gasteiger charge is -2.47. The molecule has 0 aromatic heterocycles. The van der Waals surface area contributed by atoms with E-state index in [1.165, 1.54) is 38.6 Å². The van der Waals surface area contributed by atoms with Crippen LogP contribution in [0.1, 0.15) is 58.3 Å². The second kappa shape index (κ2) is 7.86. The van der Waals surface area contributed by atoms with Gasteiger partial charge in [0.05, 0.1) is 18.4 Å². The molecule has 6 heteroatoms. The number of alkyl halides is 1. The minimum absolute atomic E-state index is 0.383. The van der Waals surface area contributed by atoms with E-state index in [2.05, 4.69) is 32.9 Å². The molecule has 8 atom stereocenters. The molecule has 6 unspecified atom stereocenters. The molecule has 0 radical (unpaired) electrons. The molecular formula is C21H38FN5. The largest absolute Gasteiger partial charge is 0.310 e. The topological polar surface area (TPSA) is 42.6 Å². The summed E-state index contributed by atoms with van der Waals surface area (Å²) in [6.45, 7) is 6.81. The first-order chi connectivity index (χ1) is 13.2. The minimum atomic E-state index is -0.568. The summed E-state index contributed by atoms with van der Waals surface area (Å²) >= 11 is 0. The Bertz CT molecular complexity index is 519. The van der Waals surface area contributed by atoms with Gasteiger partial charge in [-0.1, -0.05) is 6.92 Å². The Morgan fingerprint density at radius 2 is 1.85 bits per heavy atom. The fourth-order valence-electron chi connectivity index (χ4n) is 6.71. The second-order valence-corrected chi connectivity index (χ2v) is 9.95. The zero-order valence-electron chi connectivity index (χ0n) is 16.9. The minimum Gasteiger partial charge on any atom is -0.310 e. The van der Waals surface area contributed by atoms with Crippen LogP contribution in [0.25, 0.3) is 0 Å². The van der Waals surface area contributed by atoms with Crippen LogP contribution >= 0.6 is 0 Å². The average Bonchev–Trinajstić information content (AvgIpc) is 3.31. The Balaban J connectivity index is 1.41. The molecule has 5 aliphatic rings. The van der Waals surface area contributed by atoms with Crippen molar-refractivity contribution in [2.24, 2.45) is 17.8 Å². The molecule has 0 aromatic carbocycles. The smallest absolute Gasteiger partial charge is 0.100 e. The SMILES string of the molecule is C[C@@H]1CCC2CCC(F)CC2[C@H]2CCCN2C2CCN3NCC(NC1)C3N2. The van der Waals surface area contributed by atoms with Gasteiger partial charge in [0.15, 0.2) is 0 Å². The quantitative estimate of drug-likeness (QED) is 0.601. The second-order valence-electron chi connectivity index (χ2n) is 9.95. The Labute approximate surface area is 163 Å². The molecule has 27 heavy (non-hydrogen) atoms. The third-order valence-corrected chi connectivity index (χ3v) is 8.22. The van der Waals surface area contributed by atoms with Crippen molar-refractivity contribution in [2.75, 3.05) is 26.2 Å². The van der Waals surface area contributed by atoms with Crippen molar-refractivity contribution < 1.29 is 4.39 Å². The molecule has 1 saturated carbocycles. The molecular weight excluding hydrogens is 341 g/mol. The number of halogens is 1. The Hall–Kier alpha value is -0.270. The molecule has 0 spiro atoms. The monoisotopic (exact) mass is 379 g/mol. The molecule has 154 valence electrons. The lowest BCUT2D eigenvalue weighted by Crippen LogP contribution is -2.65. The van der Waals surface area contributed by atoms with E-state index in [9.17, 15) is 4.39 Å². The summed E-state index contributed by atoms with van der Waals surface area (Å²) in [4.78, 5) is 2.75. The fraction of sp³-hybridized carbons (Fsp3) is 1.00. The van der Waals surface area contributed by atoms with Gasteiger partial charge in [-0.05, 0) is 82.2 Å². The summed E-state index contributed by atoms with van der Waals surface area (Å²) in [6, 6.07) is 1.07. The molecule has 4 heterocycles. The highest BCUT2D eigenvalue weighted by atomic mass is 19.1. The van der Waals surface area contributed by atoms with Crippen molar-refractivity contribution in [1.82, 2.24) is 26.0 Å². The molecule has 2 bridgehead atoms. The van der Waals surface area contributed by atoms with Crippen LogP contribution in [0.2, 0.25) is 0 Å². The Morgan fingerprint density at radius 3 is 2.78 bits per heavy atom. The molecule has 5 rings (SSSR count). The highest BCUT2D eigenvalue weighted by molar-refractivity contribution is 4.99. The van der Waals surface area contributed by atoms with Crippen molar-refractivity contribution in [1.29, 1.82) is 0 Å². The normalized spacial score (nSPS) is 49.6. The van der Waals surface area contributed by atoms with E-state index >= 15 is 0 Å². The molecule has 0 amide bonds. The van der Waals surface area contributed by atoms with Gasteiger partial charge in [-0.2, -0.15) is 0 Å². The summed E-state index contributed by atoms with van der Waals surface area (Å²) < 4.78 is 14.4. The third-order valence-electron chi connectivity index (χ3n) is 8.22. The number of hydrogen-bond donors (Lipinski definition) is 3. The van der Waals surface area contributed by atoms with Crippen LogP contribution in [0.15, 0.2) is 0 Å². The van der Waals surface area contributed by atoms with Crippen LogP contribution < -0.4 is 16.1 Å². The van der Waals surface area contributed by atoms with Gasteiger partial charge in [0.2, 0.25) is 0 Å². The van der Waals surface area contributed by atoms with Gasteiger partial charge < -0.3 is 5.32 Å². The third kappa shape index (κ3) is 3.68. The van der Waals surface area contributed by atoms with Gasteiger partial charge in [0, 0.05) is 19.1 Å². The van der Waals surface area contributed by atoms with Crippen LogP contribution in [-0.2, 0) is 0 Å². The van der Waals surface area contributed by atoms with Crippen LogP contribution in [0.5, 0.6) is 0 Å². The van der Waals surface area contributed by atoms with Crippen molar-refractivity contribution in [2.45, 2.75) is 88.9 Å². The molecule has 0 aromatic rings. The van der Waals surface area contributed by atoms with Gasteiger partial charge >= 0.3 is 0 Å². The number of fused-ring (bicyclic) bond motifs is 5. The number of nitrogens with zero attached hydrogens (tertiary/aromatic N) is 2. The summed E-state index contributed by atoms with van der Waals surface area (Å²) in [5, 5.41) is 10.2. The lowest BCUT2D eigenvalue weighted by molar-refractivity contribution is -0.00883. The first-order valence-electron chi connectivity index (χ1n) is 11.6. The van der Waals surface area contributed by atoms with Crippen LogP contribution in [0.3, 0.4) is 0 Å². The van der Waals surface area contributed by atoms with Gasteiger partial charge in [-0.25, -0.2) is 9.40 Å². The zero-order valence-corrected chi connectivity index (χ0v) is 16.9. The Morgan fingerprint density at radius 1 is 0.963 bits per heavy atom. The van der Waals surface area contributed by atoms with Crippen molar-refractivity contribution in [3.63, 3.8) is 0 Å². The predicted molar refractivity (Wildman–Crippen MR) is 106 cm³/mol. The van der Waals surface area contributed by atoms with E-state index in [1.54, 1.807) is 0 Å². The first kappa shape index (κ1) is 18.7. The zero-order chi connectivity index (χ0) is 18.4. The highest BCUT2D eigenvalue weighted by Crippen LogP contribution is 2.42. The van der Waals surface area contributed by atoms with Crippen LogP contribution in [-0.4, -0.2) is 66.7 Å². The van der Waals surface area contributed by atoms with E-state index in [-0.39, 0.29) is 0 Å². The number of rotatable bonds is 0. The number of hydrazine groups is 1. The predicted octanol–water partition coefficient (Wildman–Crippen LogP) is 2.06. The maximum atomic E-state index is 14.4. The molecule has 5 nitrogen and oxygen atoms in total. The van der Waals surface area contributed by atoms with Gasteiger partial charge in [0.25, 0.3) is 0 Å². The van der Waals surface area contributed by atoms with E-state index in [1.807, 2.05) is 0 Å². The molecule has 4 aliphatic heterocycles. The van der Waals surface area contributed by atoms with Gasteiger partial charge in [-0.15, -0.1) is 0 Å². The standard InChI is InChI=1S/C21H38FN5/c1-14-4-5-15-6-7-16(22)11-17(15)19-3-2-9-26(19)20-8-10-27-21(25-20)18(13-24-27)23-12-14/h14-21,23-25H,2-13H2,1H3/t14-,15?,16?,17?,18?,19-,20?,21?/m1/s1. The molecule has 1 aliphatic carbocycles. The van der Waals surface area contributed by atoms with E-state index < -0.39 is 6.17 Å². The Kier molecular flexibility index (Phi) is 5.46. The summed E-state index contributed by atoms with van der Waals surface area (Å²) in [6.07, 6.45) is 9.29. The molecule has 3 N–H and O–H groups in total. The lowest BCUT2D eigenvalue weighted by atomic mass is 9.71.